The van der Waals surface area contributed by atoms with E-state index in [1.54, 1.807) is 12.1 Å². The first kappa shape index (κ1) is 16.0. The molecular weight excluding hydrogens is 352 g/mol. The molecule has 0 bridgehead atoms. The minimum Gasteiger partial charge on any atom is -0.348 e. The van der Waals surface area contributed by atoms with Crippen molar-refractivity contribution in [3.63, 3.8) is 0 Å². The zero-order valence-corrected chi connectivity index (χ0v) is 14.0. The molecule has 0 spiro atoms. The van der Waals surface area contributed by atoms with Crippen LogP contribution >= 0.6 is 27.5 Å². The number of nitrogens with zero attached hydrogens (tertiary/aromatic N) is 1. The van der Waals surface area contributed by atoms with Crippen molar-refractivity contribution >= 4 is 33.4 Å². The summed E-state index contributed by atoms with van der Waals surface area (Å²) >= 11 is 9.44. The molecule has 0 aliphatic heterocycles. The smallest absolute Gasteiger partial charge is 0.251 e. The molecular formula is C16H16BrClN2O. The van der Waals surface area contributed by atoms with E-state index < -0.39 is 0 Å². The van der Waals surface area contributed by atoms with Crippen LogP contribution in [-0.2, 0) is 13.0 Å². The summed E-state index contributed by atoms with van der Waals surface area (Å²) < 4.78 is 0.977. The summed E-state index contributed by atoms with van der Waals surface area (Å²) in [6.45, 7) is 2.53. The molecule has 2 rings (SSSR count). The molecule has 0 atom stereocenters. The Morgan fingerprint density at radius 1 is 1.33 bits per heavy atom. The summed E-state index contributed by atoms with van der Waals surface area (Å²) in [4.78, 5) is 16.4. The molecule has 5 heteroatoms. The van der Waals surface area contributed by atoms with E-state index in [2.05, 4.69) is 33.2 Å². The van der Waals surface area contributed by atoms with Crippen LogP contribution < -0.4 is 5.32 Å². The van der Waals surface area contributed by atoms with E-state index in [4.69, 9.17) is 11.6 Å². The molecule has 0 saturated carbocycles. The highest BCUT2D eigenvalue weighted by atomic mass is 79.9. The minimum atomic E-state index is -0.146. The Bertz CT molecular complexity index is 646. The van der Waals surface area contributed by atoms with Gasteiger partial charge in [-0.2, -0.15) is 0 Å². The van der Waals surface area contributed by atoms with Gasteiger partial charge in [-0.05, 0) is 30.2 Å². The van der Waals surface area contributed by atoms with Crippen molar-refractivity contribution in [1.82, 2.24) is 10.3 Å². The maximum Gasteiger partial charge on any atom is 0.251 e. The van der Waals surface area contributed by atoms with Gasteiger partial charge in [-0.1, -0.05) is 59.1 Å². The summed E-state index contributed by atoms with van der Waals surface area (Å²) in [7, 11) is 0. The van der Waals surface area contributed by atoms with Crippen molar-refractivity contribution in [2.45, 2.75) is 26.3 Å². The highest BCUT2D eigenvalue weighted by Gasteiger charge is 2.09. The van der Waals surface area contributed by atoms with Crippen LogP contribution in [0.15, 0.2) is 40.9 Å². The average molecular weight is 368 g/mol. The normalized spacial score (nSPS) is 10.4. The number of carbonyl (C=O) groups is 1. The van der Waals surface area contributed by atoms with Gasteiger partial charge in [0.25, 0.3) is 5.91 Å². The van der Waals surface area contributed by atoms with Crippen molar-refractivity contribution < 1.29 is 4.79 Å². The van der Waals surface area contributed by atoms with E-state index >= 15 is 0 Å². The first-order valence-electron chi connectivity index (χ1n) is 6.78. The molecule has 0 fully saturated rings. The predicted octanol–water partition coefficient (Wildman–Crippen LogP) is 4.38. The van der Waals surface area contributed by atoms with Crippen molar-refractivity contribution in [2.24, 2.45) is 0 Å². The lowest BCUT2D eigenvalue weighted by molar-refractivity contribution is 0.0950. The molecule has 21 heavy (non-hydrogen) atoms. The second-order valence-corrected chi connectivity index (χ2v) is 5.94. The fourth-order valence-electron chi connectivity index (χ4n) is 1.99. The van der Waals surface area contributed by atoms with Gasteiger partial charge < -0.3 is 5.32 Å². The summed E-state index contributed by atoms with van der Waals surface area (Å²) in [5.41, 5.74) is 2.42. The van der Waals surface area contributed by atoms with E-state index in [0.717, 1.165) is 28.6 Å². The Hall–Kier alpha value is -1.39. The molecule has 2 aromatic rings. The number of amides is 1. The lowest BCUT2D eigenvalue weighted by atomic mass is 10.1. The minimum absolute atomic E-state index is 0.146. The van der Waals surface area contributed by atoms with Crippen molar-refractivity contribution in [3.05, 3.63) is 62.8 Å². The van der Waals surface area contributed by atoms with Gasteiger partial charge in [0, 0.05) is 22.3 Å². The van der Waals surface area contributed by atoms with Crippen LogP contribution in [0.25, 0.3) is 0 Å². The summed E-state index contributed by atoms with van der Waals surface area (Å²) in [6, 6.07) is 11.2. The highest BCUT2D eigenvalue weighted by molar-refractivity contribution is 9.10. The number of nitrogens with one attached hydrogen (secondary N) is 1. The van der Waals surface area contributed by atoms with Gasteiger partial charge in [-0.25, -0.2) is 4.98 Å². The zero-order valence-electron chi connectivity index (χ0n) is 11.7. The predicted molar refractivity (Wildman–Crippen MR) is 88.6 cm³/mol. The lowest BCUT2D eigenvalue weighted by Crippen LogP contribution is -2.23. The van der Waals surface area contributed by atoms with E-state index in [1.807, 2.05) is 24.3 Å². The van der Waals surface area contributed by atoms with Crippen LogP contribution in [0.5, 0.6) is 0 Å². The highest BCUT2D eigenvalue weighted by Crippen LogP contribution is 2.16. The third kappa shape index (κ3) is 4.55. The molecule has 3 nitrogen and oxygen atoms in total. The summed E-state index contributed by atoms with van der Waals surface area (Å²) in [5.74, 6) is -0.146. The van der Waals surface area contributed by atoms with Crippen LogP contribution in [0.3, 0.4) is 0 Å². The van der Waals surface area contributed by atoms with Gasteiger partial charge >= 0.3 is 0 Å². The third-order valence-corrected chi connectivity index (χ3v) is 3.98. The molecule has 0 aliphatic carbocycles. The van der Waals surface area contributed by atoms with Gasteiger partial charge in [-0.15, -0.1) is 0 Å². The monoisotopic (exact) mass is 366 g/mol. The molecule has 1 aromatic heterocycles. The number of hydrogen-bond donors (Lipinski definition) is 1. The van der Waals surface area contributed by atoms with Gasteiger partial charge in [0.05, 0.1) is 0 Å². The fourth-order valence-corrected chi connectivity index (χ4v) is 2.64. The molecule has 0 unspecified atom stereocenters. The van der Waals surface area contributed by atoms with E-state index in [-0.39, 0.29) is 5.91 Å². The van der Waals surface area contributed by atoms with E-state index in [0.29, 0.717) is 17.3 Å². The Labute approximate surface area is 137 Å². The number of aromatic nitrogens is 1. The van der Waals surface area contributed by atoms with E-state index in [1.165, 1.54) is 0 Å². The van der Waals surface area contributed by atoms with Crippen molar-refractivity contribution in [1.29, 1.82) is 0 Å². The molecule has 1 heterocycles. The van der Waals surface area contributed by atoms with Crippen LogP contribution in [0.4, 0.5) is 0 Å². The van der Waals surface area contributed by atoms with Crippen molar-refractivity contribution in [2.75, 3.05) is 0 Å². The maximum absolute atomic E-state index is 12.2. The summed E-state index contributed by atoms with van der Waals surface area (Å²) in [6.07, 6.45) is 1.77. The largest absolute Gasteiger partial charge is 0.348 e. The molecule has 0 radical (unpaired) electrons. The second-order valence-electron chi connectivity index (χ2n) is 4.69. The molecule has 110 valence electrons. The van der Waals surface area contributed by atoms with Gasteiger partial charge in [0.2, 0.25) is 0 Å². The Kier molecular flexibility index (Phi) is 5.76. The molecule has 1 N–H and O–H groups in total. The standard InChI is InChI=1S/C16H16BrClN2O/c1-2-5-13-8-12(9-15(18)20-13)16(21)19-10-11-6-3-4-7-14(11)17/h3-4,6-9H,2,5,10H2,1H3,(H,19,21). The Morgan fingerprint density at radius 3 is 2.81 bits per heavy atom. The van der Waals surface area contributed by atoms with E-state index in [9.17, 15) is 4.79 Å². The SMILES string of the molecule is CCCc1cc(C(=O)NCc2ccccc2Br)cc(Cl)n1. The van der Waals surface area contributed by atoms with Crippen LogP contribution in [0.1, 0.15) is 35.0 Å². The Morgan fingerprint density at radius 2 is 2.10 bits per heavy atom. The zero-order chi connectivity index (χ0) is 15.2. The number of pyridine rings is 1. The fraction of sp³-hybridized carbons (Fsp3) is 0.250. The molecule has 1 aromatic carbocycles. The number of hydrogen-bond acceptors (Lipinski definition) is 2. The van der Waals surface area contributed by atoms with Gasteiger partial charge in [0.15, 0.2) is 0 Å². The van der Waals surface area contributed by atoms with Crippen LogP contribution in [-0.4, -0.2) is 10.9 Å². The number of halogens is 2. The molecule has 0 saturated heterocycles. The maximum atomic E-state index is 12.2. The summed E-state index contributed by atoms with van der Waals surface area (Å²) in [5, 5.41) is 3.25. The second kappa shape index (κ2) is 7.57. The molecule has 1 amide bonds. The quantitative estimate of drug-likeness (QED) is 0.797. The number of benzene rings is 1. The van der Waals surface area contributed by atoms with Crippen LogP contribution in [0, 0.1) is 0 Å². The topological polar surface area (TPSA) is 42.0 Å². The third-order valence-electron chi connectivity index (χ3n) is 3.01. The lowest BCUT2D eigenvalue weighted by Gasteiger charge is -2.08. The van der Waals surface area contributed by atoms with Gasteiger partial charge in [0.1, 0.15) is 5.15 Å². The van der Waals surface area contributed by atoms with Crippen LogP contribution in [0.2, 0.25) is 5.15 Å². The first-order chi connectivity index (χ1) is 10.1. The van der Waals surface area contributed by atoms with Gasteiger partial charge in [-0.3, -0.25) is 4.79 Å². The molecule has 0 aliphatic rings. The number of carbonyl (C=O) groups excluding carboxylic acids is 1. The number of aryl methyl sites for hydroxylation is 1. The van der Waals surface area contributed by atoms with Crippen molar-refractivity contribution in [3.8, 4) is 0 Å². The number of rotatable bonds is 5. The Balaban J connectivity index is 2.08. The first-order valence-corrected chi connectivity index (χ1v) is 7.95. The average Bonchev–Trinajstić information content (AvgIpc) is 2.46.